The molecule has 1 amide bonds. The van der Waals surface area contributed by atoms with Crippen molar-refractivity contribution in [2.75, 3.05) is 26.4 Å². The van der Waals surface area contributed by atoms with Crippen LogP contribution in [0.2, 0.25) is 0 Å². The maximum Gasteiger partial charge on any atom is 0.220 e. The van der Waals surface area contributed by atoms with Crippen LogP contribution in [-0.2, 0) is 33.2 Å². The molecule has 3 fully saturated rings. The van der Waals surface area contributed by atoms with E-state index in [1.165, 1.54) is 96.3 Å². The molecule has 0 saturated carbocycles. The molecule has 19 nitrogen and oxygen atoms in total. The van der Waals surface area contributed by atoms with Crippen LogP contribution in [0.3, 0.4) is 0 Å². The van der Waals surface area contributed by atoms with Crippen molar-refractivity contribution in [2.24, 2.45) is 0 Å². The zero-order valence-electron chi connectivity index (χ0n) is 52.0. The lowest BCUT2D eigenvalue weighted by atomic mass is 9.96. The van der Waals surface area contributed by atoms with Crippen LogP contribution in [0, 0.1) is 0 Å². The van der Waals surface area contributed by atoms with Crippen molar-refractivity contribution in [1.29, 1.82) is 0 Å². The molecule has 0 aromatic heterocycles. The normalized spacial score (nSPS) is 29.3. The van der Waals surface area contributed by atoms with E-state index in [9.17, 15) is 61.0 Å². The minimum absolute atomic E-state index is 0.192. The first-order chi connectivity index (χ1) is 41.8. The number of hydrogen-bond donors (Lipinski definition) is 12. The van der Waals surface area contributed by atoms with Crippen molar-refractivity contribution < 1.29 is 89.4 Å². The number of carbonyl (C=O) groups excluding carboxylic acids is 1. The molecule has 3 heterocycles. The molecule has 3 saturated heterocycles. The summed E-state index contributed by atoms with van der Waals surface area (Å²) in [7, 11) is 0. The summed E-state index contributed by atoms with van der Waals surface area (Å²) in [5, 5.41) is 120. The molecule has 0 bridgehead atoms. The van der Waals surface area contributed by atoms with Gasteiger partial charge in [0.1, 0.15) is 73.2 Å². The topological polar surface area (TPSA) is 307 Å². The standard InChI is InChI=1S/C67H115NO18/c1-3-5-7-9-11-13-15-17-19-21-23-24-25-27-28-30-32-34-36-38-40-42-44-51(72)50(68-55(73)45-43-41-39-37-35-33-31-29-26-22-20-18-16-14-12-10-8-6-4-2)49-81-65-61(79)58(76)63(53(47-70)83-65)86-67-62(80)59(77)64(54(48-71)84-67)85-66-60(78)57(75)56(74)52(46-69)82-66/h6,8,12,14,18,20,26,29,33-36,42,44,50-54,56-67,69-72,74-80H,3-5,7,9-11,13,15-17,19,21-25,27-28,30-32,37-41,43,45-49H2,1-2H3,(H,68,73)/b8-6-,14-12-,20-18-,29-26-,35-33-,36-34+,44-42+. The number of amides is 1. The molecule has 0 spiro atoms. The molecule has 3 aliphatic rings. The fraction of sp³-hybridized carbons (Fsp3) is 0.776. The number of hydrogen-bond acceptors (Lipinski definition) is 18. The van der Waals surface area contributed by atoms with E-state index in [0.717, 1.165) is 70.6 Å². The smallest absolute Gasteiger partial charge is 0.220 e. The summed E-state index contributed by atoms with van der Waals surface area (Å²) in [4.78, 5) is 13.4. The van der Waals surface area contributed by atoms with Gasteiger partial charge >= 0.3 is 0 Å². The SMILES string of the molecule is CC/C=C\C/C=C\C/C=C\C/C=C\C/C=C\CCCCCC(=O)NC(COC1OC(CO)C(OC2OC(CO)C(OC3OC(CO)C(O)C(O)C3O)C(O)C2O)C(O)C1O)C(O)/C=C/CC/C=C/CCCCCCCCCCCCCCCCCC. The summed E-state index contributed by atoms with van der Waals surface area (Å²) < 4.78 is 34.3. The molecule has 19 heteroatoms. The summed E-state index contributed by atoms with van der Waals surface area (Å²) in [5.41, 5.74) is 0. The van der Waals surface area contributed by atoms with Gasteiger partial charge in [0.15, 0.2) is 18.9 Å². The largest absolute Gasteiger partial charge is 0.394 e. The number of ether oxygens (including phenoxy) is 6. The molecule has 86 heavy (non-hydrogen) atoms. The second-order valence-corrected chi connectivity index (χ2v) is 23.2. The van der Waals surface area contributed by atoms with Gasteiger partial charge in [-0.25, -0.2) is 0 Å². The summed E-state index contributed by atoms with van der Waals surface area (Å²) in [6.45, 7) is 1.56. The third-order valence-corrected chi connectivity index (χ3v) is 15.9. The number of carbonyl (C=O) groups is 1. The van der Waals surface area contributed by atoms with E-state index in [2.05, 4.69) is 92.1 Å². The van der Waals surface area contributed by atoms with E-state index in [-0.39, 0.29) is 18.9 Å². The lowest BCUT2D eigenvalue weighted by Crippen LogP contribution is -2.66. The van der Waals surface area contributed by atoms with Gasteiger partial charge in [-0.15, -0.1) is 0 Å². The monoisotopic (exact) mass is 1220 g/mol. The van der Waals surface area contributed by atoms with Gasteiger partial charge in [0.2, 0.25) is 5.91 Å². The minimum atomic E-state index is -1.99. The van der Waals surface area contributed by atoms with E-state index >= 15 is 0 Å². The fourth-order valence-corrected chi connectivity index (χ4v) is 10.6. The van der Waals surface area contributed by atoms with Gasteiger partial charge < -0.3 is 89.9 Å². The van der Waals surface area contributed by atoms with Crippen LogP contribution in [-0.4, -0.2) is 193 Å². The molecule has 17 atom stereocenters. The first-order valence-electron chi connectivity index (χ1n) is 32.8. The van der Waals surface area contributed by atoms with Crippen LogP contribution >= 0.6 is 0 Å². The highest BCUT2D eigenvalue weighted by molar-refractivity contribution is 5.76. The number of aliphatic hydroxyl groups excluding tert-OH is 11. The third kappa shape index (κ3) is 31.1. The Morgan fingerprint density at radius 2 is 0.814 bits per heavy atom. The van der Waals surface area contributed by atoms with Crippen molar-refractivity contribution in [3.63, 3.8) is 0 Å². The molecule has 0 aliphatic carbocycles. The molecule has 0 aromatic carbocycles. The van der Waals surface area contributed by atoms with Gasteiger partial charge in [-0.1, -0.05) is 202 Å². The lowest BCUT2D eigenvalue weighted by Gasteiger charge is -2.48. The van der Waals surface area contributed by atoms with Crippen LogP contribution in [0.5, 0.6) is 0 Å². The first-order valence-corrected chi connectivity index (χ1v) is 32.8. The van der Waals surface area contributed by atoms with E-state index in [1.807, 2.05) is 6.08 Å². The highest BCUT2D eigenvalue weighted by Crippen LogP contribution is 2.33. The van der Waals surface area contributed by atoms with Crippen LogP contribution in [0.4, 0.5) is 0 Å². The number of unbranched alkanes of at least 4 members (excludes halogenated alkanes) is 20. The predicted octanol–water partition coefficient (Wildman–Crippen LogP) is 7.54. The first kappa shape index (κ1) is 77.2. The van der Waals surface area contributed by atoms with E-state index in [1.54, 1.807) is 6.08 Å². The van der Waals surface area contributed by atoms with Crippen molar-refractivity contribution in [3.8, 4) is 0 Å². The zero-order chi connectivity index (χ0) is 62.6. The Balaban J connectivity index is 1.50. The van der Waals surface area contributed by atoms with Gasteiger partial charge in [0, 0.05) is 6.42 Å². The van der Waals surface area contributed by atoms with Crippen molar-refractivity contribution >= 4 is 5.91 Å². The van der Waals surface area contributed by atoms with E-state index in [4.69, 9.17) is 28.4 Å². The molecule has 0 radical (unpaired) electrons. The Bertz CT molecular complexity index is 1890. The Morgan fingerprint density at radius 3 is 1.30 bits per heavy atom. The summed E-state index contributed by atoms with van der Waals surface area (Å²) in [5.74, 6) is -0.319. The van der Waals surface area contributed by atoms with Crippen LogP contribution < -0.4 is 5.32 Å². The van der Waals surface area contributed by atoms with Crippen LogP contribution in [0.1, 0.15) is 200 Å². The number of rotatable bonds is 48. The Labute approximate surface area is 514 Å². The van der Waals surface area contributed by atoms with E-state index in [0.29, 0.717) is 12.8 Å². The third-order valence-electron chi connectivity index (χ3n) is 15.9. The average Bonchev–Trinajstić information content (AvgIpc) is 2.80. The van der Waals surface area contributed by atoms with Crippen molar-refractivity contribution in [1.82, 2.24) is 5.32 Å². The van der Waals surface area contributed by atoms with Gasteiger partial charge in [0.05, 0.1) is 38.6 Å². The second-order valence-electron chi connectivity index (χ2n) is 23.2. The highest BCUT2D eigenvalue weighted by atomic mass is 16.8. The molecule has 12 N–H and O–H groups in total. The summed E-state index contributed by atoms with van der Waals surface area (Å²) in [6.07, 6.45) is 34.2. The zero-order valence-corrected chi connectivity index (χ0v) is 52.0. The molecular weight excluding hydrogens is 1110 g/mol. The highest BCUT2D eigenvalue weighted by Gasteiger charge is 2.53. The molecule has 3 rings (SSSR count). The molecular formula is C67H115NO18. The van der Waals surface area contributed by atoms with Crippen molar-refractivity contribution in [3.05, 3.63) is 85.1 Å². The van der Waals surface area contributed by atoms with Crippen LogP contribution in [0.25, 0.3) is 0 Å². The van der Waals surface area contributed by atoms with Gasteiger partial charge in [-0.2, -0.15) is 0 Å². The minimum Gasteiger partial charge on any atom is -0.394 e. The molecule has 3 aliphatic heterocycles. The van der Waals surface area contributed by atoms with Crippen LogP contribution in [0.15, 0.2) is 85.1 Å². The second kappa shape index (κ2) is 48.8. The fourth-order valence-electron chi connectivity index (χ4n) is 10.6. The number of nitrogens with one attached hydrogen (secondary N) is 1. The van der Waals surface area contributed by atoms with Gasteiger partial charge in [-0.3, -0.25) is 4.79 Å². The Kier molecular flexibility index (Phi) is 43.8. The van der Waals surface area contributed by atoms with E-state index < -0.39 is 124 Å². The maximum atomic E-state index is 13.4. The summed E-state index contributed by atoms with van der Waals surface area (Å²) in [6, 6.07) is -1.01. The lowest BCUT2D eigenvalue weighted by molar-refractivity contribution is -0.379. The molecule has 496 valence electrons. The van der Waals surface area contributed by atoms with Gasteiger partial charge in [-0.05, 0) is 77.0 Å². The Morgan fingerprint density at radius 1 is 0.430 bits per heavy atom. The molecule has 0 aromatic rings. The number of allylic oxidation sites excluding steroid dienone is 13. The molecule has 17 unspecified atom stereocenters. The quantitative estimate of drug-likeness (QED) is 0.0207. The maximum absolute atomic E-state index is 13.4. The summed E-state index contributed by atoms with van der Waals surface area (Å²) >= 11 is 0. The predicted molar refractivity (Wildman–Crippen MR) is 332 cm³/mol. The Hall–Kier alpha value is -3.03. The van der Waals surface area contributed by atoms with Crippen molar-refractivity contribution in [2.45, 2.75) is 304 Å². The number of aliphatic hydroxyl groups is 11. The average molecular weight is 1220 g/mol. The van der Waals surface area contributed by atoms with Gasteiger partial charge in [0.25, 0.3) is 0 Å².